The Morgan fingerprint density at radius 2 is 2.03 bits per heavy atom. The first-order valence-electron chi connectivity index (χ1n) is 9.88. The molecule has 1 unspecified atom stereocenters. The van der Waals surface area contributed by atoms with Gasteiger partial charge >= 0.3 is 0 Å². The molecule has 0 radical (unpaired) electrons. The number of aromatic nitrogens is 1. The van der Waals surface area contributed by atoms with Gasteiger partial charge in [0.25, 0.3) is 0 Å². The van der Waals surface area contributed by atoms with E-state index in [1.54, 1.807) is 13.8 Å². The van der Waals surface area contributed by atoms with Crippen molar-refractivity contribution in [2.45, 2.75) is 50.5 Å². The SMILES string of the molecule is Cc1noc(C)c1S(=O)(=O)N1CCCC1C(=O)Nc1ccc2c(c1)N(C)CCC2. The molecule has 0 bridgehead atoms. The number of nitrogens with one attached hydrogen (secondary N) is 1. The number of benzene rings is 1. The van der Waals surface area contributed by atoms with Crippen LogP contribution in [0.1, 0.15) is 36.3 Å². The van der Waals surface area contributed by atoms with Gasteiger partial charge in [-0.2, -0.15) is 4.31 Å². The molecule has 1 N–H and O–H groups in total. The topological polar surface area (TPSA) is 95.8 Å². The van der Waals surface area contributed by atoms with Crippen LogP contribution in [0.5, 0.6) is 0 Å². The maximum absolute atomic E-state index is 13.2. The summed E-state index contributed by atoms with van der Waals surface area (Å²) in [6, 6.07) is 5.14. The summed E-state index contributed by atoms with van der Waals surface area (Å²) in [5.41, 5.74) is 3.37. The first-order chi connectivity index (χ1) is 13.8. The van der Waals surface area contributed by atoms with Crippen LogP contribution < -0.4 is 10.2 Å². The van der Waals surface area contributed by atoms with E-state index in [1.807, 2.05) is 25.2 Å². The summed E-state index contributed by atoms with van der Waals surface area (Å²) in [5, 5.41) is 6.67. The van der Waals surface area contributed by atoms with Crippen LogP contribution in [-0.2, 0) is 21.2 Å². The molecule has 2 aromatic rings. The van der Waals surface area contributed by atoms with Gasteiger partial charge in [0.1, 0.15) is 16.6 Å². The Morgan fingerprint density at radius 3 is 2.76 bits per heavy atom. The third-order valence-corrected chi connectivity index (χ3v) is 7.90. The smallest absolute Gasteiger partial charge is 0.249 e. The molecule has 3 heterocycles. The van der Waals surface area contributed by atoms with E-state index in [0.717, 1.165) is 25.1 Å². The zero-order valence-corrected chi connectivity index (χ0v) is 17.8. The number of amides is 1. The van der Waals surface area contributed by atoms with Gasteiger partial charge in [-0.15, -0.1) is 0 Å². The number of anilines is 2. The average Bonchev–Trinajstić information content (AvgIpc) is 3.30. The van der Waals surface area contributed by atoms with Crippen LogP contribution in [0.2, 0.25) is 0 Å². The normalized spacial score (nSPS) is 20.0. The first-order valence-corrected chi connectivity index (χ1v) is 11.3. The molecule has 8 nitrogen and oxygen atoms in total. The van der Waals surface area contributed by atoms with Gasteiger partial charge in [0.05, 0.1) is 0 Å². The number of hydrogen-bond acceptors (Lipinski definition) is 6. The van der Waals surface area contributed by atoms with Gasteiger partial charge in [-0.3, -0.25) is 4.79 Å². The van der Waals surface area contributed by atoms with Gasteiger partial charge < -0.3 is 14.7 Å². The van der Waals surface area contributed by atoms with Gasteiger partial charge in [-0.25, -0.2) is 8.42 Å². The summed E-state index contributed by atoms with van der Waals surface area (Å²) in [7, 11) is -1.82. The lowest BCUT2D eigenvalue weighted by Crippen LogP contribution is -2.43. The molecule has 1 aromatic heterocycles. The molecule has 29 heavy (non-hydrogen) atoms. The van der Waals surface area contributed by atoms with Crippen LogP contribution in [0.4, 0.5) is 11.4 Å². The van der Waals surface area contributed by atoms with Crippen LogP contribution in [0, 0.1) is 13.8 Å². The Labute approximate surface area is 170 Å². The van der Waals surface area contributed by atoms with Gasteiger partial charge in [-0.05, 0) is 57.2 Å². The van der Waals surface area contributed by atoms with Crippen LogP contribution in [-0.4, -0.2) is 50.0 Å². The summed E-state index contributed by atoms with van der Waals surface area (Å²) in [4.78, 5) is 15.2. The number of hydrogen-bond donors (Lipinski definition) is 1. The number of carbonyl (C=O) groups excluding carboxylic acids is 1. The number of aryl methyl sites for hydroxylation is 3. The number of sulfonamides is 1. The van der Waals surface area contributed by atoms with Crippen LogP contribution in [0.15, 0.2) is 27.6 Å². The van der Waals surface area contributed by atoms with Gasteiger partial charge in [0.2, 0.25) is 15.9 Å². The predicted octanol–water partition coefficient (Wildman–Crippen LogP) is 2.47. The largest absolute Gasteiger partial charge is 0.374 e. The minimum absolute atomic E-state index is 0.0626. The second kappa shape index (κ2) is 7.46. The van der Waals surface area contributed by atoms with E-state index in [4.69, 9.17) is 4.52 Å². The zero-order chi connectivity index (χ0) is 20.8. The Hall–Kier alpha value is -2.39. The highest BCUT2D eigenvalue weighted by Gasteiger charge is 2.42. The van der Waals surface area contributed by atoms with Crippen molar-refractivity contribution in [3.05, 3.63) is 35.2 Å². The van der Waals surface area contributed by atoms with Crippen molar-refractivity contribution >= 4 is 27.3 Å². The molecular formula is C20H26N4O4S. The standard InChI is InChI=1S/C20H26N4O4S/c1-13-19(14(2)28-22-13)29(26,27)24-11-5-7-17(24)20(25)21-16-9-8-15-6-4-10-23(3)18(15)12-16/h8-9,12,17H,4-7,10-11H2,1-3H3,(H,21,25). The van der Waals surface area contributed by atoms with E-state index in [2.05, 4.69) is 15.4 Å². The molecule has 4 rings (SSSR count). The van der Waals surface area contributed by atoms with Crippen molar-refractivity contribution in [2.24, 2.45) is 0 Å². The highest BCUT2D eigenvalue weighted by molar-refractivity contribution is 7.89. The second-order valence-corrected chi connectivity index (χ2v) is 9.61. The van der Waals surface area contributed by atoms with Crippen molar-refractivity contribution in [3.8, 4) is 0 Å². The van der Waals surface area contributed by atoms with E-state index in [1.165, 1.54) is 9.87 Å². The molecule has 0 saturated carbocycles. The van der Waals surface area contributed by atoms with Crippen molar-refractivity contribution in [2.75, 3.05) is 30.4 Å². The minimum Gasteiger partial charge on any atom is -0.374 e. The highest BCUT2D eigenvalue weighted by Crippen LogP contribution is 2.32. The van der Waals surface area contributed by atoms with Crippen LogP contribution >= 0.6 is 0 Å². The average molecular weight is 419 g/mol. The van der Waals surface area contributed by atoms with Crippen molar-refractivity contribution in [3.63, 3.8) is 0 Å². The lowest BCUT2D eigenvalue weighted by Gasteiger charge is -2.28. The molecule has 1 fully saturated rings. The maximum Gasteiger partial charge on any atom is 0.249 e. The molecule has 1 saturated heterocycles. The van der Waals surface area contributed by atoms with Crippen LogP contribution in [0.25, 0.3) is 0 Å². The Morgan fingerprint density at radius 1 is 1.24 bits per heavy atom. The zero-order valence-electron chi connectivity index (χ0n) is 16.9. The first kappa shape index (κ1) is 19.9. The van der Waals surface area contributed by atoms with Crippen LogP contribution in [0.3, 0.4) is 0 Å². The summed E-state index contributed by atoms with van der Waals surface area (Å²) in [6.45, 7) is 4.45. The third-order valence-electron chi connectivity index (χ3n) is 5.74. The Balaban J connectivity index is 1.57. The molecule has 1 amide bonds. The molecular weight excluding hydrogens is 392 g/mol. The second-order valence-electron chi connectivity index (χ2n) is 7.78. The van der Waals surface area contributed by atoms with Gasteiger partial charge in [0.15, 0.2) is 5.76 Å². The summed E-state index contributed by atoms with van der Waals surface area (Å²) >= 11 is 0. The fraction of sp³-hybridized carbons (Fsp3) is 0.500. The van der Waals surface area contributed by atoms with Gasteiger partial charge in [-0.1, -0.05) is 11.2 Å². The number of carbonyl (C=O) groups is 1. The number of rotatable bonds is 4. The molecule has 1 atom stereocenters. The van der Waals surface area contributed by atoms with Gasteiger partial charge in [0, 0.05) is 31.5 Å². The van der Waals surface area contributed by atoms with Crippen molar-refractivity contribution in [1.29, 1.82) is 0 Å². The highest BCUT2D eigenvalue weighted by atomic mass is 32.2. The molecule has 156 valence electrons. The van der Waals surface area contributed by atoms with E-state index in [-0.39, 0.29) is 16.6 Å². The molecule has 2 aliphatic rings. The molecule has 0 aliphatic carbocycles. The monoisotopic (exact) mass is 418 g/mol. The summed E-state index contributed by atoms with van der Waals surface area (Å²) in [5.74, 6) is -0.0671. The quantitative estimate of drug-likeness (QED) is 0.819. The van der Waals surface area contributed by atoms with Crippen molar-refractivity contribution < 1.29 is 17.7 Å². The maximum atomic E-state index is 13.2. The van der Waals surface area contributed by atoms with E-state index in [9.17, 15) is 13.2 Å². The fourth-order valence-corrected chi connectivity index (χ4v) is 6.26. The fourth-order valence-electron chi connectivity index (χ4n) is 4.31. The lowest BCUT2D eigenvalue weighted by atomic mass is 10.0. The third kappa shape index (κ3) is 3.53. The summed E-state index contributed by atoms with van der Waals surface area (Å²) in [6.07, 6.45) is 3.26. The number of nitrogens with zero attached hydrogens (tertiary/aromatic N) is 3. The predicted molar refractivity (Wildman–Crippen MR) is 110 cm³/mol. The van der Waals surface area contributed by atoms with Crippen molar-refractivity contribution in [1.82, 2.24) is 9.46 Å². The van der Waals surface area contributed by atoms with E-state index >= 15 is 0 Å². The Bertz CT molecular complexity index is 1030. The lowest BCUT2D eigenvalue weighted by molar-refractivity contribution is -0.119. The Kier molecular flexibility index (Phi) is 5.12. The molecule has 1 aromatic carbocycles. The molecule has 0 spiro atoms. The number of fused-ring (bicyclic) bond motifs is 1. The van der Waals surface area contributed by atoms with E-state index < -0.39 is 16.1 Å². The minimum atomic E-state index is -3.86. The molecule has 9 heteroatoms. The summed E-state index contributed by atoms with van der Waals surface area (Å²) < 4.78 is 32.7. The van der Waals surface area contributed by atoms with E-state index in [0.29, 0.717) is 30.8 Å². The molecule has 2 aliphatic heterocycles.